The smallest absolute Gasteiger partial charge is 0.0609 e. The Morgan fingerprint density at radius 1 is 1.22 bits per heavy atom. The maximum atomic E-state index is 10.3. The third-order valence-corrected chi connectivity index (χ3v) is 4.15. The van der Waals surface area contributed by atoms with Crippen LogP contribution in [-0.4, -0.2) is 11.2 Å². The molecule has 1 aromatic carbocycles. The van der Waals surface area contributed by atoms with Crippen molar-refractivity contribution < 1.29 is 5.11 Å². The van der Waals surface area contributed by atoms with Crippen LogP contribution < -0.4 is 0 Å². The van der Waals surface area contributed by atoms with Gasteiger partial charge < -0.3 is 5.11 Å². The van der Waals surface area contributed by atoms with E-state index in [0.29, 0.717) is 12.3 Å². The minimum atomic E-state index is -0.288. The molecule has 0 saturated carbocycles. The molecular formula is C15H22BrClO. The lowest BCUT2D eigenvalue weighted by Crippen LogP contribution is -2.23. The fraction of sp³-hybridized carbons (Fsp3) is 0.600. The molecule has 1 atom stereocenters. The largest absolute Gasteiger partial charge is 0.392 e. The summed E-state index contributed by atoms with van der Waals surface area (Å²) in [5.41, 5.74) is 1.03. The van der Waals surface area contributed by atoms with Gasteiger partial charge >= 0.3 is 0 Å². The van der Waals surface area contributed by atoms with Crippen molar-refractivity contribution in [1.29, 1.82) is 0 Å². The summed E-state index contributed by atoms with van der Waals surface area (Å²) in [6.45, 7) is 4.34. The van der Waals surface area contributed by atoms with E-state index in [1.165, 1.54) is 0 Å². The molecule has 0 radical (unpaired) electrons. The first kappa shape index (κ1) is 16.0. The Bertz CT molecular complexity index is 362. The number of halogens is 2. The summed E-state index contributed by atoms with van der Waals surface area (Å²) in [5, 5.41) is 11.1. The molecule has 1 nitrogen and oxygen atoms in total. The summed E-state index contributed by atoms with van der Waals surface area (Å²) in [5.74, 6) is 0.389. The van der Waals surface area contributed by atoms with Crippen molar-refractivity contribution >= 4 is 27.5 Å². The third-order valence-electron chi connectivity index (χ3n) is 3.31. The Hall–Kier alpha value is -0.0500. The number of benzene rings is 1. The van der Waals surface area contributed by atoms with E-state index in [0.717, 1.165) is 40.7 Å². The molecule has 1 unspecified atom stereocenters. The van der Waals surface area contributed by atoms with Crippen molar-refractivity contribution in [2.75, 3.05) is 0 Å². The standard InChI is InChI=1S/C15H22BrClO/c1-3-5-11(6-4-2)15(18)9-12-7-8-13(16)10-14(12)17/h7-8,10-11,15,18H,3-6,9H2,1-2H3. The summed E-state index contributed by atoms with van der Waals surface area (Å²) in [4.78, 5) is 0. The van der Waals surface area contributed by atoms with E-state index in [1.807, 2.05) is 18.2 Å². The molecular weight excluding hydrogens is 312 g/mol. The lowest BCUT2D eigenvalue weighted by molar-refractivity contribution is 0.0963. The molecule has 1 rings (SSSR count). The van der Waals surface area contributed by atoms with Gasteiger partial charge in [-0.3, -0.25) is 0 Å². The Morgan fingerprint density at radius 3 is 2.33 bits per heavy atom. The fourth-order valence-electron chi connectivity index (χ4n) is 2.35. The van der Waals surface area contributed by atoms with E-state index in [9.17, 15) is 5.11 Å². The molecule has 0 aliphatic rings. The second-order valence-corrected chi connectivity index (χ2v) is 6.17. The van der Waals surface area contributed by atoms with Gasteiger partial charge in [0.2, 0.25) is 0 Å². The molecule has 0 aliphatic heterocycles. The van der Waals surface area contributed by atoms with Crippen molar-refractivity contribution in [3.05, 3.63) is 33.3 Å². The first-order chi connectivity index (χ1) is 8.58. The predicted octanol–water partition coefficient (Wildman–Crippen LogP) is 5.22. The topological polar surface area (TPSA) is 20.2 Å². The van der Waals surface area contributed by atoms with Gasteiger partial charge in [0.25, 0.3) is 0 Å². The zero-order chi connectivity index (χ0) is 13.5. The first-order valence-corrected chi connectivity index (χ1v) is 7.87. The van der Waals surface area contributed by atoms with E-state index >= 15 is 0 Å². The van der Waals surface area contributed by atoms with Gasteiger partial charge in [-0.1, -0.05) is 60.3 Å². The fourth-order valence-corrected chi connectivity index (χ4v) is 3.10. The van der Waals surface area contributed by atoms with Crippen LogP contribution >= 0.6 is 27.5 Å². The van der Waals surface area contributed by atoms with Crippen molar-refractivity contribution in [1.82, 2.24) is 0 Å². The molecule has 0 aliphatic carbocycles. The Labute approximate surface area is 124 Å². The van der Waals surface area contributed by atoms with Crippen LogP contribution in [0.4, 0.5) is 0 Å². The maximum absolute atomic E-state index is 10.3. The number of rotatable bonds is 7. The second-order valence-electron chi connectivity index (χ2n) is 4.84. The summed E-state index contributed by atoms with van der Waals surface area (Å²) < 4.78 is 0.976. The summed E-state index contributed by atoms with van der Waals surface area (Å²) >= 11 is 9.59. The van der Waals surface area contributed by atoms with Gasteiger partial charge in [-0.05, 0) is 36.5 Å². The number of aliphatic hydroxyl groups excluding tert-OH is 1. The normalized spacial score (nSPS) is 13.0. The van der Waals surface area contributed by atoms with Gasteiger partial charge in [0.05, 0.1) is 6.10 Å². The van der Waals surface area contributed by atoms with Crippen LogP contribution in [0.2, 0.25) is 5.02 Å². The molecule has 0 saturated heterocycles. The average Bonchev–Trinajstić information content (AvgIpc) is 2.32. The van der Waals surface area contributed by atoms with Gasteiger partial charge in [0, 0.05) is 15.9 Å². The Morgan fingerprint density at radius 2 is 1.83 bits per heavy atom. The maximum Gasteiger partial charge on any atom is 0.0609 e. The third kappa shape index (κ3) is 4.91. The van der Waals surface area contributed by atoms with Crippen LogP contribution in [0.1, 0.15) is 45.1 Å². The van der Waals surface area contributed by atoms with E-state index in [4.69, 9.17) is 11.6 Å². The van der Waals surface area contributed by atoms with Crippen molar-refractivity contribution in [2.45, 2.75) is 52.1 Å². The highest BCUT2D eigenvalue weighted by atomic mass is 79.9. The minimum absolute atomic E-state index is 0.288. The van der Waals surface area contributed by atoms with Crippen LogP contribution in [0.5, 0.6) is 0 Å². The molecule has 102 valence electrons. The molecule has 1 aromatic rings. The second kappa shape index (κ2) is 8.19. The lowest BCUT2D eigenvalue weighted by Gasteiger charge is -2.22. The Balaban J connectivity index is 2.69. The van der Waals surface area contributed by atoms with E-state index in [2.05, 4.69) is 29.8 Å². The zero-order valence-electron chi connectivity index (χ0n) is 11.1. The molecule has 3 heteroatoms. The monoisotopic (exact) mass is 332 g/mol. The molecule has 18 heavy (non-hydrogen) atoms. The highest BCUT2D eigenvalue weighted by Gasteiger charge is 2.19. The number of hydrogen-bond donors (Lipinski definition) is 1. The van der Waals surface area contributed by atoms with Crippen LogP contribution in [0.15, 0.2) is 22.7 Å². The molecule has 1 N–H and O–H groups in total. The van der Waals surface area contributed by atoms with E-state index in [-0.39, 0.29) is 6.10 Å². The summed E-state index contributed by atoms with van der Waals surface area (Å²) in [7, 11) is 0. The van der Waals surface area contributed by atoms with Gasteiger partial charge in [-0.25, -0.2) is 0 Å². The number of aliphatic hydroxyl groups is 1. The molecule has 0 amide bonds. The van der Waals surface area contributed by atoms with E-state index < -0.39 is 0 Å². The van der Waals surface area contributed by atoms with Crippen molar-refractivity contribution in [3.63, 3.8) is 0 Å². The van der Waals surface area contributed by atoms with E-state index in [1.54, 1.807) is 0 Å². The molecule has 0 spiro atoms. The lowest BCUT2D eigenvalue weighted by atomic mass is 9.89. The number of hydrogen-bond acceptors (Lipinski definition) is 1. The SMILES string of the molecule is CCCC(CCC)C(O)Cc1ccc(Br)cc1Cl. The Kier molecular flexibility index (Phi) is 7.28. The average molecular weight is 334 g/mol. The van der Waals surface area contributed by atoms with Crippen LogP contribution in [0.25, 0.3) is 0 Å². The first-order valence-electron chi connectivity index (χ1n) is 6.70. The highest BCUT2D eigenvalue weighted by Crippen LogP contribution is 2.26. The van der Waals surface area contributed by atoms with Gasteiger partial charge in [-0.2, -0.15) is 0 Å². The summed E-state index contributed by atoms with van der Waals surface area (Å²) in [6, 6.07) is 5.85. The summed E-state index contributed by atoms with van der Waals surface area (Å²) in [6.07, 6.45) is 4.78. The minimum Gasteiger partial charge on any atom is -0.392 e. The molecule has 0 heterocycles. The highest BCUT2D eigenvalue weighted by molar-refractivity contribution is 9.10. The van der Waals surface area contributed by atoms with Gasteiger partial charge in [0.15, 0.2) is 0 Å². The van der Waals surface area contributed by atoms with Crippen LogP contribution in [0.3, 0.4) is 0 Å². The molecule has 0 bridgehead atoms. The molecule has 0 fully saturated rings. The van der Waals surface area contributed by atoms with Crippen LogP contribution in [-0.2, 0) is 6.42 Å². The van der Waals surface area contributed by atoms with Crippen molar-refractivity contribution in [2.24, 2.45) is 5.92 Å². The zero-order valence-corrected chi connectivity index (χ0v) is 13.5. The van der Waals surface area contributed by atoms with Crippen LogP contribution in [0, 0.1) is 5.92 Å². The quantitative estimate of drug-likeness (QED) is 0.725. The van der Waals surface area contributed by atoms with Gasteiger partial charge in [-0.15, -0.1) is 0 Å². The van der Waals surface area contributed by atoms with Gasteiger partial charge in [0.1, 0.15) is 0 Å². The van der Waals surface area contributed by atoms with Crippen molar-refractivity contribution in [3.8, 4) is 0 Å². The molecule has 0 aromatic heterocycles. The predicted molar refractivity (Wildman–Crippen MR) is 82.2 cm³/mol.